The Bertz CT molecular complexity index is 4010. The maximum absolute atomic E-state index is 14.5. The van der Waals surface area contributed by atoms with Gasteiger partial charge in [0.1, 0.15) is 16.8 Å². The summed E-state index contributed by atoms with van der Waals surface area (Å²) in [4.78, 5) is 44.0. The third-order valence-corrected chi connectivity index (χ3v) is 22.5. The summed E-state index contributed by atoms with van der Waals surface area (Å²) in [6, 6.07) is 67.9. The van der Waals surface area contributed by atoms with Crippen LogP contribution in [0.25, 0.3) is 0 Å². The zero-order valence-electron chi connectivity index (χ0n) is 66.3. The van der Waals surface area contributed by atoms with Gasteiger partial charge in [-0.2, -0.15) is 39.5 Å². The number of alkyl halides is 9. The molecule has 9 aromatic carbocycles. The van der Waals surface area contributed by atoms with E-state index in [0.29, 0.717) is 71.9 Å². The molecule has 117 heavy (non-hydrogen) atoms. The van der Waals surface area contributed by atoms with Crippen LogP contribution in [0.3, 0.4) is 0 Å². The summed E-state index contributed by atoms with van der Waals surface area (Å²) in [7, 11) is 0. The molecule has 624 valence electrons. The second-order valence-electron chi connectivity index (χ2n) is 31.7. The summed E-state index contributed by atoms with van der Waals surface area (Å²) in [5.74, 6) is -1.85. The van der Waals surface area contributed by atoms with Gasteiger partial charge in [0.25, 0.3) is 0 Å². The molecular weight excluding hydrogens is 1520 g/mol. The predicted molar refractivity (Wildman–Crippen MR) is 430 cm³/mol. The molecule has 12 rings (SSSR count). The molecular formula is C93H105F9N6O9. The summed E-state index contributed by atoms with van der Waals surface area (Å²) < 4.78 is 130. The van der Waals surface area contributed by atoms with Crippen molar-refractivity contribution in [3.8, 4) is 0 Å². The molecule has 0 saturated carbocycles. The minimum absolute atomic E-state index is 0.0466. The van der Waals surface area contributed by atoms with Crippen molar-refractivity contribution in [3.05, 3.63) is 323 Å². The molecule has 9 N–H and O–H groups in total. The second-order valence-corrected chi connectivity index (χ2v) is 31.7. The van der Waals surface area contributed by atoms with E-state index in [0.717, 1.165) is 14.7 Å². The molecule has 0 aromatic heterocycles. The van der Waals surface area contributed by atoms with E-state index >= 15 is 0 Å². The number of carbonyl (C=O) groups is 3. The van der Waals surface area contributed by atoms with Crippen molar-refractivity contribution in [2.24, 2.45) is 17.8 Å². The van der Waals surface area contributed by atoms with Crippen LogP contribution >= 0.6 is 0 Å². The lowest BCUT2D eigenvalue weighted by atomic mass is 9.77. The number of amides is 3. The van der Waals surface area contributed by atoms with E-state index in [1.54, 1.807) is 164 Å². The standard InChI is InChI=1S/3C31H35F3N2O3/c3*1-22(2)21-27(29(38,23-13-6-3-7-14-23)24-15-8-4-9-16-24)35-28(37)26-19-12-20-36(26)30(39,31(32,33)34)25-17-10-5-11-18-25/h3*3-11,13-18,22,26-27,38-39H,12,19-21H2,1-2H3,(H,35,37)/t3*26-,27-,30-/m000/s1. The molecule has 3 amide bonds. The Hall–Kier alpha value is -9.60. The Balaban J connectivity index is 0.000000185. The SMILES string of the molecule is CC(C)C[C@H](NC(=O)[C@@H]1CCCN1[C@](O)(c1ccccc1)C(F)(F)F)C(O)(c1ccccc1)c1ccccc1.CC(C)C[C@H](NC(=O)[C@@H]1CCCN1[C@](O)(c1ccccc1)C(F)(F)F)C(O)(c1ccccc1)c1ccccc1.CC(C)C[C@H](NC(=O)[C@@H]1CCCN1[C@](O)(c1ccccc1)C(F)(F)F)C(O)(c1ccccc1)c1ccccc1. The average Bonchev–Trinajstić information content (AvgIpc) is 1.71. The predicted octanol–water partition coefficient (Wildman–Crippen LogP) is 16.0. The number of carbonyl (C=O) groups excluding carboxylic acids is 3. The molecule has 0 bridgehead atoms. The Labute approximate surface area is 678 Å². The van der Waals surface area contributed by atoms with Crippen LogP contribution in [0.2, 0.25) is 0 Å². The van der Waals surface area contributed by atoms with E-state index in [2.05, 4.69) is 16.0 Å². The monoisotopic (exact) mass is 1620 g/mol. The lowest BCUT2D eigenvalue weighted by Crippen LogP contribution is -2.62. The number of benzene rings is 9. The number of halogens is 9. The van der Waals surface area contributed by atoms with Crippen LogP contribution in [0.4, 0.5) is 39.5 Å². The van der Waals surface area contributed by atoms with E-state index in [-0.39, 0.29) is 73.3 Å². The maximum Gasteiger partial charge on any atom is 0.435 e. The Morgan fingerprint density at radius 3 is 0.590 bits per heavy atom. The number of aliphatic hydroxyl groups is 6. The minimum atomic E-state index is -5.05. The highest BCUT2D eigenvalue weighted by molar-refractivity contribution is 5.84. The smallest absolute Gasteiger partial charge is 0.378 e. The molecule has 9 aromatic rings. The third-order valence-electron chi connectivity index (χ3n) is 22.5. The van der Waals surface area contributed by atoms with Crippen LogP contribution < -0.4 is 16.0 Å². The summed E-state index contributed by atoms with van der Waals surface area (Å²) >= 11 is 0. The largest absolute Gasteiger partial charge is 0.435 e. The van der Waals surface area contributed by atoms with Crippen molar-refractivity contribution in [3.63, 3.8) is 0 Å². The Morgan fingerprint density at radius 1 is 0.291 bits per heavy atom. The number of hydrogen-bond acceptors (Lipinski definition) is 12. The topological polar surface area (TPSA) is 218 Å². The number of likely N-dealkylation sites (tertiary alicyclic amines) is 3. The molecule has 3 aliphatic heterocycles. The van der Waals surface area contributed by atoms with Crippen molar-refractivity contribution in [2.45, 2.75) is 188 Å². The molecule has 0 unspecified atom stereocenters. The molecule has 15 nitrogen and oxygen atoms in total. The van der Waals surface area contributed by atoms with Gasteiger partial charge in [-0.3, -0.25) is 29.1 Å². The lowest BCUT2D eigenvalue weighted by molar-refractivity contribution is -0.326. The van der Waals surface area contributed by atoms with E-state index in [1.165, 1.54) is 72.8 Å². The van der Waals surface area contributed by atoms with Gasteiger partial charge in [0.05, 0.1) is 36.3 Å². The Kier molecular flexibility index (Phi) is 29.1. The number of nitrogens with zero attached hydrogens (tertiary/aromatic N) is 3. The van der Waals surface area contributed by atoms with Gasteiger partial charge in [-0.25, -0.2) is 0 Å². The van der Waals surface area contributed by atoms with Crippen molar-refractivity contribution in [1.29, 1.82) is 0 Å². The minimum Gasteiger partial charge on any atom is -0.378 e. The highest BCUT2D eigenvalue weighted by Gasteiger charge is 2.65. The zero-order chi connectivity index (χ0) is 84.8. The first-order chi connectivity index (χ1) is 55.5. The first kappa shape index (κ1) is 89.7. The third kappa shape index (κ3) is 19.3. The molecule has 3 saturated heterocycles. The van der Waals surface area contributed by atoms with Crippen molar-refractivity contribution < 1.29 is 84.5 Å². The van der Waals surface area contributed by atoms with Crippen molar-refractivity contribution in [1.82, 2.24) is 30.7 Å². The molecule has 9 atom stereocenters. The van der Waals surface area contributed by atoms with Crippen LogP contribution in [0, 0.1) is 17.8 Å². The first-order valence-corrected chi connectivity index (χ1v) is 39.7. The fraction of sp³-hybridized carbons (Fsp3) is 0.387. The fourth-order valence-electron chi connectivity index (χ4n) is 16.8. The van der Waals surface area contributed by atoms with Gasteiger partial charge in [0.15, 0.2) is 0 Å². The lowest BCUT2D eigenvalue weighted by Gasteiger charge is -2.43. The van der Waals surface area contributed by atoms with Gasteiger partial charge in [-0.15, -0.1) is 0 Å². The summed E-state index contributed by atoms with van der Waals surface area (Å²) in [5.41, 5.74) is -12.7. The van der Waals surface area contributed by atoms with Crippen LogP contribution in [-0.4, -0.2) is 137 Å². The molecule has 0 spiro atoms. The number of hydrogen-bond donors (Lipinski definition) is 9. The van der Waals surface area contributed by atoms with Gasteiger partial charge in [-0.1, -0.05) is 315 Å². The number of nitrogens with one attached hydrogen (secondary N) is 3. The molecule has 0 radical (unpaired) electrons. The fourth-order valence-corrected chi connectivity index (χ4v) is 16.8. The van der Waals surface area contributed by atoms with E-state index in [1.807, 2.05) is 77.9 Å². The van der Waals surface area contributed by atoms with Crippen molar-refractivity contribution >= 4 is 17.7 Å². The Morgan fingerprint density at radius 2 is 0.444 bits per heavy atom. The summed E-state index contributed by atoms with van der Waals surface area (Å²) in [5, 5.41) is 79.4. The molecule has 0 aliphatic carbocycles. The quantitative estimate of drug-likeness (QED) is 0.0220. The highest BCUT2D eigenvalue weighted by atomic mass is 19.4. The van der Waals surface area contributed by atoms with Crippen LogP contribution in [0.1, 0.15) is 149 Å². The van der Waals surface area contributed by atoms with Crippen LogP contribution in [0.15, 0.2) is 273 Å². The molecule has 3 aliphatic rings. The average molecular weight is 1620 g/mol. The van der Waals surface area contributed by atoms with Gasteiger partial charge in [-0.05, 0) is 109 Å². The van der Waals surface area contributed by atoms with Gasteiger partial charge in [0, 0.05) is 36.3 Å². The van der Waals surface area contributed by atoms with Crippen molar-refractivity contribution in [2.75, 3.05) is 19.6 Å². The van der Waals surface area contributed by atoms with Gasteiger partial charge < -0.3 is 46.6 Å². The normalized spacial score (nSPS) is 19.0. The second kappa shape index (κ2) is 38.0. The van der Waals surface area contributed by atoms with Gasteiger partial charge >= 0.3 is 18.5 Å². The van der Waals surface area contributed by atoms with E-state index < -0.39 is 106 Å². The molecule has 24 heteroatoms. The summed E-state index contributed by atoms with van der Waals surface area (Å²) in [6.07, 6.45) is -12.7. The van der Waals surface area contributed by atoms with E-state index in [4.69, 9.17) is 0 Å². The molecule has 3 fully saturated rings. The molecule has 3 heterocycles. The van der Waals surface area contributed by atoms with E-state index in [9.17, 15) is 84.5 Å². The first-order valence-electron chi connectivity index (χ1n) is 39.7. The zero-order valence-corrected chi connectivity index (χ0v) is 66.3. The maximum atomic E-state index is 14.5. The van der Waals surface area contributed by atoms with Crippen LogP contribution in [-0.2, 0) is 48.4 Å². The van der Waals surface area contributed by atoms with Gasteiger partial charge in [0.2, 0.25) is 34.9 Å². The van der Waals surface area contributed by atoms with Crippen LogP contribution in [0.5, 0.6) is 0 Å². The highest BCUT2D eigenvalue weighted by Crippen LogP contribution is 2.50. The number of rotatable bonds is 27. The summed E-state index contributed by atoms with van der Waals surface area (Å²) in [6.45, 7) is 11.4.